The molecule has 26 heavy (non-hydrogen) atoms. The fourth-order valence-corrected chi connectivity index (χ4v) is 3.97. The lowest BCUT2D eigenvalue weighted by Gasteiger charge is -2.35. The molecule has 0 amide bonds. The van der Waals surface area contributed by atoms with Gasteiger partial charge in [-0.05, 0) is 44.9 Å². The van der Waals surface area contributed by atoms with E-state index in [1.807, 2.05) is 16.8 Å². The van der Waals surface area contributed by atoms with Crippen LogP contribution in [-0.4, -0.2) is 43.5 Å². The summed E-state index contributed by atoms with van der Waals surface area (Å²) in [7, 11) is -1.90. The molecule has 3 rings (SSSR count). The number of rotatable bonds is 5. The summed E-state index contributed by atoms with van der Waals surface area (Å²) in [6, 6.07) is 5.40. The smallest absolute Gasteiger partial charge is 0.229 e. The van der Waals surface area contributed by atoms with E-state index in [0.29, 0.717) is 18.0 Å². The summed E-state index contributed by atoms with van der Waals surface area (Å²) < 4.78 is 38.9. The minimum Gasteiger partial charge on any atom is -0.495 e. The molecule has 8 heteroatoms. The first kappa shape index (κ1) is 18.7. The van der Waals surface area contributed by atoms with Crippen LogP contribution in [0.5, 0.6) is 5.75 Å². The highest BCUT2D eigenvalue weighted by Crippen LogP contribution is 2.36. The number of imidazole rings is 1. The van der Waals surface area contributed by atoms with E-state index in [0.717, 1.165) is 30.6 Å². The van der Waals surface area contributed by atoms with E-state index in [9.17, 15) is 8.42 Å². The number of nitrogens with one attached hydrogen (secondary N) is 1. The molecule has 0 radical (unpaired) electrons. The van der Waals surface area contributed by atoms with E-state index in [-0.39, 0.29) is 11.5 Å². The number of ether oxygens (including phenoxy) is 2. The molecular weight excluding hydrogens is 354 g/mol. The SMILES string of the molecule is COc1ccc(-n2ccnc2[C@@H]2CCOC(C)(C)C2)cc1NS(C)(=O)=O. The van der Waals surface area contributed by atoms with E-state index in [4.69, 9.17) is 9.47 Å². The van der Waals surface area contributed by atoms with Gasteiger partial charge in [0.05, 0.1) is 24.7 Å². The maximum absolute atomic E-state index is 11.7. The first-order chi connectivity index (χ1) is 12.2. The van der Waals surface area contributed by atoms with Gasteiger partial charge in [-0.25, -0.2) is 13.4 Å². The minimum atomic E-state index is -3.41. The number of nitrogens with zero attached hydrogens (tertiary/aromatic N) is 2. The van der Waals surface area contributed by atoms with E-state index >= 15 is 0 Å². The maximum Gasteiger partial charge on any atom is 0.229 e. The Balaban J connectivity index is 1.98. The van der Waals surface area contributed by atoms with Crippen molar-refractivity contribution < 1.29 is 17.9 Å². The number of sulfonamides is 1. The van der Waals surface area contributed by atoms with E-state index < -0.39 is 10.0 Å². The number of hydrogen-bond donors (Lipinski definition) is 1. The van der Waals surface area contributed by atoms with Crippen LogP contribution in [0.3, 0.4) is 0 Å². The summed E-state index contributed by atoms with van der Waals surface area (Å²) in [5.41, 5.74) is 1.05. The van der Waals surface area contributed by atoms with Crippen LogP contribution in [0.4, 0.5) is 5.69 Å². The van der Waals surface area contributed by atoms with Crippen LogP contribution < -0.4 is 9.46 Å². The summed E-state index contributed by atoms with van der Waals surface area (Å²) in [6.07, 6.45) is 6.57. The Labute approximate surface area is 154 Å². The Bertz CT molecular complexity index is 890. The Hall–Kier alpha value is -2.06. The molecule has 1 N–H and O–H groups in total. The van der Waals surface area contributed by atoms with Crippen molar-refractivity contribution in [2.75, 3.05) is 24.7 Å². The molecule has 0 aliphatic carbocycles. The third-order valence-electron chi connectivity index (χ3n) is 4.49. The van der Waals surface area contributed by atoms with Crippen LogP contribution in [0, 0.1) is 0 Å². The minimum absolute atomic E-state index is 0.178. The molecular formula is C18H25N3O4S. The predicted molar refractivity (Wildman–Crippen MR) is 101 cm³/mol. The highest BCUT2D eigenvalue weighted by Gasteiger charge is 2.32. The van der Waals surface area contributed by atoms with E-state index in [2.05, 4.69) is 23.6 Å². The molecule has 1 fully saturated rings. The van der Waals surface area contributed by atoms with Gasteiger partial charge in [-0.3, -0.25) is 4.72 Å². The topological polar surface area (TPSA) is 82.4 Å². The average Bonchev–Trinajstić information content (AvgIpc) is 3.02. The summed E-state index contributed by atoms with van der Waals surface area (Å²) in [6.45, 7) is 4.88. The number of hydrogen-bond acceptors (Lipinski definition) is 5. The normalized spacial score (nSPS) is 19.9. The van der Waals surface area contributed by atoms with Gasteiger partial charge >= 0.3 is 0 Å². The maximum atomic E-state index is 11.7. The third kappa shape index (κ3) is 4.19. The highest BCUT2D eigenvalue weighted by molar-refractivity contribution is 7.92. The zero-order valence-corrected chi connectivity index (χ0v) is 16.3. The summed E-state index contributed by atoms with van der Waals surface area (Å²) in [5, 5.41) is 0. The zero-order chi connectivity index (χ0) is 18.9. The van der Waals surface area contributed by atoms with Crippen LogP contribution >= 0.6 is 0 Å². The number of aromatic nitrogens is 2. The third-order valence-corrected chi connectivity index (χ3v) is 5.08. The number of methoxy groups -OCH3 is 1. The lowest BCUT2D eigenvalue weighted by atomic mass is 9.87. The quantitative estimate of drug-likeness (QED) is 0.864. The molecule has 1 aromatic carbocycles. The van der Waals surface area contributed by atoms with Crippen molar-refractivity contribution in [1.29, 1.82) is 0 Å². The molecule has 1 aromatic heterocycles. The van der Waals surface area contributed by atoms with E-state index in [1.54, 1.807) is 18.3 Å². The van der Waals surface area contributed by atoms with Gasteiger partial charge in [0.1, 0.15) is 11.6 Å². The van der Waals surface area contributed by atoms with Gasteiger partial charge in [-0.15, -0.1) is 0 Å². The van der Waals surface area contributed by atoms with E-state index in [1.165, 1.54) is 7.11 Å². The van der Waals surface area contributed by atoms with Gasteiger partial charge in [0, 0.05) is 30.6 Å². The van der Waals surface area contributed by atoms with Gasteiger partial charge in [0.2, 0.25) is 10.0 Å². The lowest BCUT2D eigenvalue weighted by molar-refractivity contribution is -0.0604. The molecule has 1 aliphatic rings. The highest BCUT2D eigenvalue weighted by atomic mass is 32.2. The molecule has 0 bridgehead atoms. The number of benzene rings is 1. The average molecular weight is 379 g/mol. The second-order valence-corrected chi connectivity index (χ2v) is 8.96. The van der Waals surface area contributed by atoms with Gasteiger partial charge in [0.25, 0.3) is 0 Å². The van der Waals surface area contributed by atoms with Crippen molar-refractivity contribution in [2.45, 2.75) is 38.2 Å². The lowest BCUT2D eigenvalue weighted by Crippen LogP contribution is -2.33. The number of anilines is 1. The molecule has 2 aromatic rings. The largest absolute Gasteiger partial charge is 0.495 e. The summed E-state index contributed by atoms with van der Waals surface area (Å²) in [5.74, 6) is 1.70. The summed E-state index contributed by atoms with van der Waals surface area (Å²) >= 11 is 0. The molecule has 7 nitrogen and oxygen atoms in total. The Morgan fingerprint density at radius 1 is 1.38 bits per heavy atom. The van der Waals surface area contributed by atoms with Crippen molar-refractivity contribution in [3.8, 4) is 11.4 Å². The molecule has 1 atom stereocenters. The molecule has 1 saturated heterocycles. The predicted octanol–water partition coefficient (Wildman–Crippen LogP) is 2.93. The zero-order valence-electron chi connectivity index (χ0n) is 15.5. The van der Waals surface area contributed by atoms with Gasteiger partial charge in [-0.2, -0.15) is 0 Å². The molecule has 0 spiro atoms. The van der Waals surface area contributed by atoms with Crippen molar-refractivity contribution in [3.05, 3.63) is 36.4 Å². The van der Waals surface area contributed by atoms with Crippen LogP contribution in [0.15, 0.2) is 30.6 Å². The molecule has 0 unspecified atom stereocenters. The van der Waals surface area contributed by atoms with Crippen molar-refractivity contribution in [2.24, 2.45) is 0 Å². The second-order valence-electron chi connectivity index (χ2n) is 7.21. The second kappa shape index (κ2) is 6.92. The molecule has 2 heterocycles. The fourth-order valence-electron chi connectivity index (χ4n) is 3.41. The summed E-state index contributed by atoms with van der Waals surface area (Å²) in [4.78, 5) is 4.57. The Kier molecular flexibility index (Phi) is 4.98. The monoisotopic (exact) mass is 379 g/mol. The van der Waals surface area contributed by atoms with Crippen molar-refractivity contribution in [3.63, 3.8) is 0 Å². The molecule has 1 aliphatic heterocycles. The van der Waals surface area contributed by atoms with Gasteiger partial charge in [0.15, 0.2) is 0 Å². The molecule has 0 saturated carbocycles. The first-order valence-corrected chi connectivity index (χ1v) is 10.4. The Morgan fingerprint density at radius 2 is 2.15 bits per heavy atom. The standard InChI is InChI=1S/C18H25N3O4S/c1-18(2)12-13(7-10-25-18)17-19-8-9-21(17)14-5-6-16(24-3)15(11-14)20-26(4,22)23/h5-6,8-9,11,13,20H,7,10,12H2,1-4H3/t13-/m1/s1. The van der Waals surface area contributed by atoms with Crippen LogP contribution in [0.1, 0.15) is 38.4 Å². The van der Waals surface area contributed by atoms with Gasteiger partial charge in [-0.1, -0.05) is 0 Å². The van der Waals surface area contributed by atoms with Crippen LogP contribution in [0.25, 0.3) is 5.69 Å². The van der Waals surface area contributed by atoms with Crippen LogP contribution in [0.2, 0.25) is 0 Å². The Morgan fingerprint density at radius 3 is 2.81 bits per heavy atom. The first-order valence-electron chi connectivity index (χ1n) is 8.52. The van der Waals surface area contributed by atoms with Crippen LogP contribution in [-0.2, 0) is 14.8 Å². The van der Waals surface area contributed by atoms with Crippen molar-refractivity contribution in [1.82, 2.24) is 9.55 Å². The van der Waals surface area contributed by atoms with Crippen molar-refractivity contribution >= 4 is 15.7 Å². The fraction of sp³-hybridized carbons (Fsp3) is 0.500. The van der Waals surface area contributed by atoms with Gasteiger partial charge < -0.3 is 14.0 Å². The molecule has 142 valence electrons.